The van der Waals surface area contributed by atoms with Gasteiger partial charge in [-0.05, 0) is 93.2 Å². The predicted octanol–water partition coefficient (Wildman–Crippen LogP) is 3.25. The van der Waals surface area contributed by atoms with Crippen LogP contribution in [0.1, 0.15) is 83.6 Å². The first-order valence-electron chi connectivity index (χ1n) is 16.9. The van der Waals surface area contributed by atoms with Crippen LogP contribution in [0, 0.1) is 28.6 Å². The molecule has 4 N–H and O–H groups in total. The molecule has 7 rings (SSSR count). The van der Waals surface area contributed by atoms with E-state index in [9.17, 15) is 25.2 Å². The summed E-state index contributed by atoms with van der Waals surface area (Å²) in [5.41, 5.74) is -1.03. The van der Waals surface area contributed by atoms with E-state index in [0.29, 0.717) is 51.7 Å². The highest BCUT2D eigenvalue weighted by Crippen LogP contribution is 2.70. The number of hydrogen-bond acceptors (Lipinski definition) is 10. The van der Waals surface area contributed by atoms with E-state index < -0.39 is 41.2 Å². The van der Waals surface area contributed by atoms with Gasteiger partial charge < -0.3 is 34.6 Å². The number of aliphatic hydroxyl groups excluding tert-OH is 2. The molecule has 12 atom stereocenters. The van der Waals surface area contributed by atoms with E-state index in [1.807, 2.05) is 24.5 Å². The van der Waals surface area contributed by atoms with Gasteiger partial charge in [-0.25, -0.2) is 4.79 Å². The molecule has 1 aromatic rings. The summed E-state index contributed by atoms with van der Waals surface area (Å²) < 4.78 is 17.5. The minimum atomic E-state index is -1.09. The lowest BCUT2D eigenvalue weighted by atomic mass is 9.41. The highest BCUT2D eigenvalue weighted by atomic mass is 16.7. The summed E-state index contributed by atoms with van der Waals surface area (Å²) in [6.07, 6.45) is 10.2. The molecule has 0 amide bonds. The fourth-order valence-electron chi connectivity index (χ4n) is 10.6. The fraction of sp³-hybridized carbons (Fsp3) is 0.743. The highest BCUT2D eigenvalue weighted by Gasteiger charge is 2.71. The van der Waals surface area contributed by atoms with Crippen molar-refractivity contribution in [2.75, 3.05) is 6.61 Å². The number of hydrogen-bond donors (Lipinski definition) is 4. The number of rotatable bonds is 6. The van der Waals surface area contributed by atoms with Gasteiger partial charge in [0.05, 0.1) is 36.1 Å². The first kappa shape index (κ1) is 31.4. The lowest BCUT2D eigenvalue weighted by Gasteiger charge is -2.66. The zero-order valence-electron chi connectivity index (χ0n) is 26.4. The van der Waals surface area contributed by atoms with Crippen molar-refractivity contribution in [1.29, 1.82) is 0 Å². The largest absolute Gasteiger partial charge is 0.458 e. The second-order valence-corrected chi connectivity index (χ2v) is 15.0. The summed E-state index contributed by atoms with van der Waals surface area (Å²) in [5, 5.41) is 45.9. The van der Waals surface area contributed by atoms with Gasteiger partial charge in [0.15, 0.2) is 6.29 Å². The average Bonchev–Trinajstić information content (AvgIpc) is 3.56. The molecular weight excluding hydrogens is 576 g/mol. The van der Waals surface area contributed by atoms with Crippen LogP contribution in [0.2, 0.25) is 0 Å². The van der Waals surface area contributed by atoms with E-state index in [2.05, 4.69) is 11.9 Å². The standard InChI is InChI=1S/C35H48N2O8/c1-21-31(40)28(38)15-30(44-21)45-24-5-10-33(20-37-18-22-4-3-13-36-17-22)26-6-9-32(2)25(23-14-29(39)43-19-23)8-12-35(32,42)27(26)7-11-34(33,41)16-24/h3-4,13-14,17,20-21,24-28,30-31,38,40-42H,5-12,15-16,18-19H2,1-2H3/t21-,24-,25+,26-,27+,28+,30+,31-,32+,33-,34-,35-/m0/s1. The number of nitrogens with zero attached hydrogens (tertiary/aromatic N) is 2. The molecule has 5 fully saturated rings. The van der Waals surface area contributed by atoms with E-state index in [1.54, 1.807) is 19.2 Å². The molecule has 0 radical (unpaired) electrons. The number of ether oxygens (including phenoxy) is 3. The second-order valence-electron chi connectivity index (χ2n) is 15.0. The molecule has 0 aromatic carbocycles. The number of carbonyl (C=O) groups is 1. The van der Waals surface area contributed by atoms with Crippen LogP contribution in [0.25, 0.3) is 0 Å². The van der Waals surface area contributed by atoms with Crippen LogP contribution >= 0.6 is 0 Å². The van der Waals surface area contributed by atoms with Gasteiger partial charge in [-0.1, -0.05) is 13.0 Å². The Morgan fingerprint density at radius 2 is 1.93 bits per heavy atom. The SMILES string of the molecule is C[C@@H]1O[C@H](O[C@H]2CC[C@]3(C=NCc4cccnc4)[C@H]4CC[C@]5(C)[C@@H](C6=CC(=O)OC6)CC[C@]5(O)[C@@H]4CC[C@]3(O)C2)C[C@@H](O)[C@H]1O. The molecule has 0 spiro atoms. The molecule has 1 aromatic heterocycles. The van der Waals surface area contributed by atoms with Crippen molar-refractivity contribution in [1.82, 2.24) is 4.98 Å². The molecule has 3 heterocycles. The Bertz CT molecular complexity index is 1330. The van der Waals surface area contributed by atoms with E-state index in [4.69, 9.17) is 19.2 Å². The topological polar surface area (TPSA) is 151 Å². The zero-order valence-corrected chi connectivity index (χ0v) is 26.4. The van der Waals surface area contributed by atoms with E-state index in [0.717, 1.165) is 30.4 Å². The molecule has 2 aliphatic heterocycles. The van der Waals surface area contributed by atoms with E-state index >= 15 is 0 Å². The molecule has 6 aliphatic rings. The van der Waals surface area contributed by atoms with Crippen molar-refractivity contribution in [2.24, 2.45) is 33.6 Å². The summed E-state index contributed by atoms with van der Waals surface area (Å²) in [6, 6.07) is 3.90. The van der Waals surface area contributed by atoms with Gasteiger partial charge in [-0.2, -0.15) is 0 Å². The third-order valence-corrected chi connectivity index (χ3v) is 13.0. The normalized spacial score (nSPS) is 48.0. The van der Waals surface area contributed by atoms with Crippen LogP contribution < -0.4 is 0 Å². The Morgan fingerprint density at radius 3 is 2.67 bits per heavy atom. The van der Waals surface area contributed by atoms with Crippen molar-refractivity contribution >= 4 is 12.2 Å². The van der Waals surface area contributed by atoms with Gasteiger partial charge in [-0.3, -0.25) is 9.98 Å². The van der Waals surface area contributed by atoms with Crippen molar-refractivity contribution in [2.45, 2.75) is 127 Å². The predicted molar refractivity (Wildman–Crippen MR) is 164 cm³/mol. The summed E-state index contributed by atoms with van der Waals surface area (Å²) in [7, 11) is 0. The molecule has 1 saturated heterocycles. The monoisotopic (exact) mass is 624 g/mol. The quantitative estimate of drug-likeness (QED) is 0.212. The van der Waals surface area contributed by atoms with Crippen molar-refractivity contribution < 1.29 is 39.4 Å². The number of cyclic esters (lactones) is 1. The average molecular weight is 625 g/mol. The Balaban J connectivity index is 1.17. The minimum Gasteiger partial charge on any atom is -0.458 e. The summed E-state index contributed by atoms with van der Waals surface area (Å²) in [5.74, 6) is -0.171. The van der Waals surface area contributed by atoms with Crippen LogP contribution in [-0.4, -0.2) is 86.1 Å². The molecule has 4 aliphatic carbocycles. The Morgan fingerprint density at radius 1 is 1.11 bits per heavy atom. The molecule has 0 bridgehead atoms. The van der Waals surface area contributed by atoms with Crippen molar-refractivity contribution in [3.63, 3.8) is 0 Å². The van der Waals surface area contributed by atoms with Crippen molar-refractivity contribution in [3.8, 4) is 0 Å². The number of pyridine rings is 1. The van der Waals surface area contributed by atoms with Gasteiger partial charge >= 0.3 is 5.97 Å². The number of aromatic nitrogens is 1. The molecule has 45 heavy (non-hydrogen) atoms. The maximum atomic E-state index is 12.7. The van der Waals surface area contributed by atoms with Gasteiger partial charge in [0.25, 0.3) is 0 Å². The fourth-order valence-corrected chi connectivity index (χ4v) is 10.6. The minimum absolute atomic E-state index is 0.0124. The van der Waals surface area contributed by atoms with Crippen LogP contribution in [-0.2, 0) is 25.5 Å². The third kappa shape index (κ3) is 5.02. The smallest absolute Gasteiger partial charge is 0.331 e. The summed E-state index contributed by atoms with van der Waals surface area (Å²) >= 11 is 0. The van der Waals surface area contributed by atoms with Gasteiger partial charge in [-0.15, -0.1) is 0 Å². The maximum absolute atomic E-state index is 12.7. The van der Waals surface area contributed by atoms with Crippen LogP contribution in [0.3, 0.4) is 0 Å². The van der Waals surface area contributed by atoms with Crippen LogP contribution in [0.5, 0.6) is 0 Å². The summed E-state index contributed by atoms with van der Waals surface area (Å²) in [6.45, 7) is 4.71. The van der Waals surface area contributed by atoms with Crippen LogP contribution in [0.15, 0.2) is 41.2 Å². The number of carbonyl (C=O) groups excluding carboxylic acids is 1. The number of aliphatic hydroxyl groups is 4. The van der Waals surface area contributed by atoms with Gasteiger partial charge in [0.2, 0.25) is 0 Å². The van der Waals surface area contributed by atoms with Crippen molar-refractivity contribution in [3.05, 3.63) is 41.7 Å². The van der Waals surface area contributed by atoms with Crippen LogP contribution in [0.4, 0.5) is 0 Å². The first-order chi connectivity index (χ1) is 21.5. The number of esters is 1. The Labute approximate surface area is 264 Å². The second kappa shape index (κ2) is 11.5. The summed E-state index contributed by atoms with van der Waals surface area (Å²) in [4.78, 5) is 21.2. The van der Waals surface area contributed by atoms with Gasteiger partial charge in [0.1, 0.15) is 12.7 Å². The number of fused-ring (bicyclic) bond motifs is 5. The van der Waals surface area contributed by atoms with E-state index in [-0.39, 0.29) is 41.7 Å². The molecule has 246 valence electrons. The van der Waals surface area contributed by atoms with E-state index in [1.165, 1.54) is 0 Å². The lowest BCUT2D eigenvalue weighted by Crippen LogP contribution is -2.69. The first-order valence-corrected chi connectivity index (χ1v) is 16.9. The Hall–Kier alpha value is -2.21. The molecule has 10 nitrogen and oxygen atoms in total. The van der Waals surface area contributed by atoms with Gasteiger partial charge in [0, 0.05) is 48.4 Å². The Kier molecular flexibility index (Phi) is 8.02. The molecule has 10 heteroatoms. The number of aliphatic imine (C=N–C) groups is 1. The molecule has 0 unspecified atom stereocenters. The third-order valence-electron chi connectivity index (χ3n) is 13.0. The molecular formula is C35H48N2O8. The lowest BCUT2D eigenvalue weighted by molar-refractivity contribution is -0.282. The highest BCUT2D eigenvalue weighted by molar-refractivity contribution is 5.85. The zero-order chi connectivity index (χ0) is 31.6. The molecule has 4 saturated carbocycles. The maximum Gasteiger partial charge on any atom is 0.331 e.